The predicted octanol–water partition coefficient (Wildman–Crippen LogP) is 2.10. The molecule has 2 N–H and O–H groups in total. The van der Waals surface area contributed by atoms with Crippen molar-refractivity contribution in [3.8, 4) is 0 Å². The Morgan fingerprint density at radius 2 is 1.78 bits per heavy atom. The van der Waals surface area contributed by atoms with Gasteiger partial charge in [0.15, 0.2) is 0 Å². The quantitative estimate of drug-likeness (QED) is 0.786. The summed E-state index contributed by atoms with van der Waals surface area (Å²) in [5.74, 6) is -0.262. The van der Waals surface area contributed by atoms with Crippen LogP contribution in [0.2, 0.25) is 0 Å². The SMILES string of the molecule is Fc1cc(F)cc(CCNCC2CCNCC2)c1. The highest BCUT2D eigenvalue weighted by molar-refractivity contribution is 5.18. The molecule has 1 heterocycles. The van der Waals surface area contributed by atoms with E-state index in [9.17, 15) is 8.78 Å². The van der Waals surface area contributed by atoms with Gasteiger partial charge in [0.1, 0.15) is 11.6 Å². The van der Waals surface area contributed by atoms with E-state index in [-0.39, 0.29) is 0 Å². The van der Waals surface area contributed by atoms with E-state index in [1.807, 2.05) is 0 Å². The normalized spacial score (nSPS) is 17.0. The van der Waals surface area contributed by atoms with Crippen LogP contribution in [0, 0.1) is 17.6 Å². The molecular formula is C14H20F2N2. The van der Waals surface area contributed by atoms with E-state index in [4.69, 9.17) is 0 Å². The van der Waals surface area contributed by atoms with E-state index in [2.05, 4.69) is 10.6 Å². The Labute approximate surface area is 107 Å². The van der Waals surface area contributed by atoms with E-state index in [1.54, 1.807) is 0 Å². The molecule has 4 heteroatoms. The number of nitrogens with one attached hydrogen (secondary N) is 2. The molecule has 1 aliphatic rings. The molecule has 2 rings (SSSR count). The second kappa shape index (κ2) is 6.81. The Hall–Kier alpha value is -1.00. The van der Waals surface area contributed by atoms with Gasteiger partial charge in [0, 0.05) is 6.07 Å². The number of benzene rings is 1. The van der Waals surface area contributed by atoms with Gasteiger partial charge in [0.05, 0.1) is 0 Å². The Morgan fingerprint density at radius 3 is 2.44 bits per heavy atom. The van der Waals surface area contributed by atoms with Crippen molar-refractivity contribution in [1.29, 1.82) is 0 Å². The van der Waals surface area contributed by atoms with Crippen molar-refractivity contribution in [2.45, 2.75) is 19.3 Å². The number of piperidine rings is 1. The lowest BCUT2D eigenvalue weighted by atomic mass is 9.98. The molecule has 0 radical (unpaired) electrons. The van der Waals surface area contributed by atoms with Gasteiger partial charge in [-0.15, -0.1) is 0 Å². The van der Waals surface area contributed by atoms with Crippen LogP contribution in [0.25, 0.3) is 0 Å². The minimum Gasteiger partial charge on any atom is -0.317 e. The maximum absolute atomic E-state index is 13.0. The first-order valence-corrected chi connectivity index (χ1v) is 6.60. The summed E-state index contributed by atoms with van der Waals surface area (Å²) in [6.07, 6.45) is 3.09. The molecule has 2 nitrogen and oxygen atoms in total. The monoisotopic (exact) mass is 254 g/mol. The second-order valence-corrected chi connectivity index (χ2v) is 4.93. The highest BCUT2D eigenvalue weighted by Crippen LogP contribution is 2.10. The molecule has 1 saturated heterocycles. The van der Waals surface area contributed by atoms with Gasteiger partial charge in [-0.05, 0) is 69.1 Å². The zero-order valence-electron chi connectivity index (χ0n) is 10.5. The van der Waals surface area contributed by atoms with Crippen molar-refractivity contribution in [3.63, 3.8) is 0 Å². The summed E-state index contributed by atoms with van der Waals surface area (Å²) in [4.78, 5) is 0. The van der Waals surface area contributed by atoms with Gasteiger partial charge >= 0.3 is 0 Å². The van der Waals surface area contributed by atoms with Crippen LogP contribution in [0.15, 0.2) is 18.2 Å². The largest absolute Gasteiger partial charge is 0.317 e. The molecule has 0 aliphatic carbocycles. The van der Waals surface area contributed by atoms with Crippen molar-refractivity contribution in [2.24, 2.45) is 5.92 Å². The molecule has 0 saturated carbocycles. The minimum atomic E-state index is -0.497. The van der Waals surface area contributed by atoms with Gasteiger partial charge in [0.2, 0.25) is 0 Å². The summed E-state index contributed by atoms with van der Waals surface area (Å²) < 4.78 is 25.9. The third kappa shape index (κ3) is 4.35. The molecule has 0 amide bonds. The summed E-state index contributed by atoms with van der Waals surface area (Å²) >= 11 is 0. The van der Waals surface area contributed by atoms with Crippen LogP contribution in [0.5, 0.6) is 0 Å². The van der Waals surface area contributed by atoms with Crippen molar-refractivity contribution in [2.75, 3.05) is 26.2 Å². The van der Waals surface area contributed by atoms with Crippen LogP contribution >= 0.6 is 0 Å². The van der Waals surface area contributed by atoms with Crippen LogP contribution in [0.4, 0.5) is 8.78 Å². The molecule has 100 valence electrons. The van der Waals surface area contributed by atoms with E-state index < -0.39 is 11.6 Å². The fourth-order valence-electron chi connectivity index (χ4n) is 2.38. The van der Waals surface area contributed by atoms with Crippen LogP contribution in [-0.4, -0.2) is 26.2 Å². The van der Waals surface area contributed by atoms with Gasteiger partial charge in [-0.25, -0.2) is 8.78 Å². The van der Waals surface area contributed by atoms with Gasteiger partial charge in [0.25, 0.3) is 0 Å². The van der Waals surface area contributed by atoms with Crippen LogP contribution in [0.3, 0.4) is 0 Å². The molecule has 0 bridgehead atoms. The fraction of sp³-hybridized carbons (Fsp3) is 0.571. The number of hydrogen-bond donors (Lipinski definition) is 2. The predicted molar refractivity (Wildman–Crippen MR) is 68.5 cm³/mol. The lowest BCUT2D eigenvalue weighted by Gasteiger charge is -2.22. The molecule has 1 aromatic carbocycles. The van der Waals surface area contributed by atoms with Gasteiger partial charge in [-0.3, -0.25) is 0 Å². The maximum Gasteiger partial charge on any atom is 0.126 e. The van der Waals surface area contributed by atoms with Crippen molar-refractivity contribution in [3.05, 3.63) is 35.4 Å². The zero-order chi connectivity index (χ0) is 12.8. The Bertz CT molecular complexity index is 356. The van der Waals surface area contributed by atoms with E-state index in [0.29, 0.717) is 12.0 Å². The lowest BCUT2D eigenvalue weighted by molar-refractivity contribution is 0.358. The molecule has 0 atom stereocenters. The highest BCUT2D eigenvalue weighted by Gasteiger charge is 2.11. The Balaban J connectivity index is 1.68. The van der Waals surface area contributed by atoms with E-state index in [1.165, 1.54) is 25.0 Å². The molecule has 0 aromatic heterocycles. The fourth-order valence-corrected chi connectivity index (χ4v) is 2.38. The summed E-state index contributed by atoms with van der Waals surface area (Å²) in [7, 11) is 0. The molecule has 0 spiro atoms. The third-order valence-electron chi connectivity index (χ3n) is 3.40. The van der Waals surface area contributed by atoms with E-state index in [0.717, 1.165) is 38.2 Å². The summed E-state index contributed by atoms with van der Waals surface area (Å²) in [6, 6.07) is 3.70. The average Bonchev–Trinajstić information content (AvgIpc) is 2.35. The topological polar surface area (TPSA) is 24.1 Å². The van der Waals surface area contributed by atoms with Crippen molar-refractivity contribution >= 4 is 0 Å². The molecular weight excluding hydrogens is 234 g/mol. The maximum atomic E-state index is 13.0. The average molecular weight is 254 g/mol. The second-order valence-electron chi connectivity index (χ2n) is 4.93. The molecule has 0 unspecified atom stereocenters. The third-order valence-corrected chi connectivity index (χ3v) is 3.40. The number of hydrogen-bond acceptors (Lipinski definition) is 2. The van der Waals surface area contributed by atoms with Gasteiger partial charge in [-0.1, -0.05) is 0 Å². The van der Waals surface area contributed by atoms with Crippen LogP contribution in [-0.2, 0) is 6.42 Å². The van der Waals surface area contributed by atoms with Crippen LogP contribution < -0.4 is 10.6 Å². The molecule has 1 fully saturated rings. The first-order valence-electron chi connectivity index (χ1n) is 6.60. The van der Waals surface area contributed by atoms with Crippen LogP contribution in [0.1, 0.15) is 18.4 Å². The van der Waals surface area contributed by atoms with Crippen molar-refractivity contribution in [1.82, 2.24) is 10.6 Å². The summed E-state index contributed by atoms with van der Waals surface area (Å²) in [6.45, 7) is 3.97. The summed E-state index contributed by atoms with van der Waals surface area (Å²) in [5, 5.41) is 6.70. The molecule has 1 aliphatic heterocycles. The minimum absolute atomic E-state index is 0.497. The number of halogens is 2. The summed E-state index contributed by atoms with van der Waals surface area (Å²) in [5.41, 5.74) is 0.713. The Morgan fingerprint density at radius 1 is 1.11 bits per heavy atom. The first-order chi connectivity index (χ1) is 8.74. The zero-order valence-corrected chi connectivity index (χ0v) is 10.5. The smallest absolute Gasteiger partial charge is 0.126 e. The van der Waals surface area contributed by atoms with Gasteiger partial charge < -0.3 is 10.6 Å². The van der Waals surface area contributed by atoms with Gasteiger partial charge in [-0.2, -0.15) is 0 Å². The van der Waals surface area contributed by atoms with Crippen molar-refractivity contribution < 1.29 is 8.78 Å². The first kappa shape index (κ1) is 13.4. The lowest BCUT2D eigenvalue weighted by Crippen LogP contribution is -2.34. The van der Waals surface area contributed by atoms with E-state index >= 15 is 0 Å². The molecule has 1 aromatic rings. The number of rotatable bonds is 5. The highest BCUT2D eigenvalue weighted by atomic mass is 19.1. The molecule has 18 heavy (non-hydrogen) atoms. The standard InChI is InChI=1S/C14H20F2N2/c15-13-7-12(8-14(16)9-13)3-6-18-10-11-1-4-17-5-2-11/h7-9,11,17-18H,1-6,10H2. The Kier molecular flexibility index (Phi) is 5.08.